The molecule has 0 radical (unpaired) electrons. The van der Waals surface area contributed by atoms with E-state index in [1.54, 1.807) is 13.2 Å². The first-order valence-corrected chi connectivity index (χ1v) is 6.88. The van der Waals surface area contributed by atoms with Crippen LogP contribution in [0.25, 0.3) is 0 Å². The number of rotatable bonds is 11. The third-order valence-electron chi connectivity index (χ3n) is 2.78. The Morgan fingerprint density at radius 2 is 1.67 bits per heavy atom. The minimum absolute atomic E-state index is 0.00108. The fourth-order valence-electron chi connectivity index (χ4n) is 1.72. The van der Waals surface area contributed by atoms with Gasteiger partial charge in [0.05, 0.1) is 38.6 Å². The van der Waals surface area contributed by atoms with Crippen molar-refractivity contribution in [1.82, 2.24) is 0 Å². The van der Waals surface area contributed by atoms with E-state index < -0.39 is 0 Å². The van der Waals surface area contributed by atoms with Crippen LogP contribution in [0.2, 0.25) is 0 Å². The standard InChI is InChI=1S/C15H24N2O4/c1-12-4-3-5-13(15(16)17)14(12)21-11-10-20-9-8-19-7-6-18-2/h3-5H,6-11H2,1-2H3,(H3,16,17). The fraction of sp³-hybridized carbons (Fsp3) is 0.533. The van der Waals surface area contributed by atoms with Crippen molar-refractivity contribution in [2.75, 3.05) is 46.8 Å². The molecule has 0 unspecified atom stereocenters. The highest BCUT2D eigenvalue weighted by Crippen LogP contribution is 2.22. The van der Waals surface area contributed by atoms with Gasteiger partial charge in [-0.05, 0) is 18.6 Å². The summed E-state index contributed by atoms with van der Waals surface area (Å²) in [4.78, 5) is 0. The van der Waals surface area contributed by atoms with Crippen molar-refractivity contribution in [3.05, 3.63) is 29.3 Å². The van der Waals surface area contributed by atoms with Gasteiger partial charge >= 0.3 is 0 Å². The zero-order valence-corrected chi connectivity index (χ0v) is 12.7. The Kier molecular flexibility index (Phi) is 8.42. The van der Waals surface area contributed by atoms with E-state index >= 15 is 0 Å². The van der Waals surface area contributed by atoms with Crippen LogP contribution < -0.4 is 10.5 Å². The Balaban J connectivity index is 2.23. The molecule has 0 aliphatic heterocycles. The number of hydrogen-bond donors (Lipinski definition) is 2. The number of para-hydroxylation sites is 1. The second-order valence-electron chi connectivity index (χ2n) is 4.43. The molecule has 0 heterocycles. The molecule has 1 rings (SSSR count). The molecule has 118 valence electrons. The van der Waals surface area contributed by atoms with Gasteiger partial charge in [-0.1, -0.05) is 12.1 Å². The van der Waals surface area contributed by atoms with Crippen LogP contribution in [0.4, 0.5) is 0 Å². The van der Waals surface area contributed by atoms with E-state index in [0.717, 1.165) is 5.56 Å². The van der Waals surface area contributed by atoms with Gasteiger partial charge in [-0.2, -0.15) is 0 Å². The number of benzene rings is 1. The van der Waals surface area contributed by atoms with Crippen LogP contribution in [0.5, 0.6) is 5.75 Å². The van der Waals surface area contributed by atoms with Crippen molar-refractivity contribution in [2.45, 2.75) is 6.92 Å². The zero-order chi connectivity index (χ0) is 15.5. The van der Waals surface area contributed by atoms with Gasteiger partial charge in [0, 0.05) is 7.11 Å². The van der Waals surface area contributed by atoms with Gasteiger partial charge in [0.1, 0.15) is 18.2 Å². The Morgan fingerprint density at radius 3 is 2.29 bits per heavy atom. The number of methoxy groups -OCH3 is 1. The average molecular weight is 296 g/mol. The molecule has 0 amide bonds. The van der Waals surface area contributed by atoms with Gasteiger partial charge < -0.3 is 24.7 Å². The maximum absolute atomic E-state index is 7.54. The van der Waals surface area contributed by atoms with E-state index in [2.05, 4.69) is 0 Å². The third kappa shape index (κ3) is 6.57. The van der Waals surface area contributed by atoms with Crippen molar-refractivity contribution in [1.29, 1.82) is 5.41 Å². The molecular formula is C15H24N2O4. The van der Waals surface area contributed by atoms with Gasteiger partial charge in [0.15, 0.2) is 0 Å². The molecule has 6 heteroatoms. The summed E-state index contributed by atoms with van der Waals surface area (Å²) in [6.45, 7) is 4.99. The molecule has 21 heavy (non-hydrogen) atoms. The average Bonchev–Trinajstić information content (AvgIpc) is 2.46. The van der Waals surface area contributed by atoms with Crippen molar-refractivity contribution in [3.8, 4) is 5.75 Å². The lowest BCUT2D eigenvalue weighted by molar-refractivity contribution is 0.0179. The molecule has 3 N–H and O–H groups in total. The monoisotopic (exact) mass is 296 g/mol. The van der Waals surface area contributed by atoms with Crippen LogP contribution in [0.1, 0.15) is 11.1 Å². The van der Waals surface area contributed by atoms with Crippen LogP contribution in [0.3, 0.4) is 0 Å². The molecular weight excluding hydrogens is 272 g/mol. The van der Waals surface area contributed by atoms with Crippen molar-refractivity contribution >= 4 is 5.84 Å². The maximum Gasteiger partial charge on any atom is 0.133 e. The van der Waals surface area contributed by atoms with E-state index in [4.69, 9.17) is 30.1 Å². The van der Waals surface area contributed by atoms with Crippen molar-refractivity contribution < 1.29 is 18.9 Å². The molecule has 0 saturated heterocycles. The summed E-state index contributed by atoms with van der Waals surface area (Å²) in [6.07, 6.45) is 0. The molecule has 0 fully saturated rings. The van der Waals surface area contributed by atoms with E-state index in [1.165, 1.54) is 0 Å². The number of nitrogens with two attached hydrogens (primary N) is 1. The minimum atomic E-state index is 0.00108. The predicted octanol–water partition coefficient (Wildman–Crippen LogP) is 1.34. The second-order valence-corrected chi connectivity index (χ2v) is 4.43. The third-order valence-corrected chi connectivity index (χ3v) is 2.78. The summed E-state index contributed by atoms with van der Waals surface area (Å²) in [5.74, 6) is 0.645. The van der Waals surface area contributed by atoms with Crippen LogP contribution >= 0.6 is 0 Å². The number of ether oxygens (including phenoxy) is 4. The van der Waals surface area contributed by atoms with Gasteiger partial charge in [-0.15, -0.1) is 0 Å². The number of amidine groups is 1. The van der Waals surface area contributed by atoms with Crippen LogP contribution in [0, 0.1) is 12.3 Å². The van der Waals surface area contributed by atoms with Crippen LogP contribution in [0.15, 0.2) is 18.2 Å². The van der Waals surface area contributed by atoms with Crippen molar-refractivity contribution in [2.24, 2.45) is 5.73 Å². The fourth-order valence-corrected chi connectivity index (χ4v) is 1.72. The van der Waals surface area contributed by atoms with Crippen LogP contribution in [-0.2, 0) is 14.2 Å². The number of nitrogens with one attached hydrogen (secondary N) is 1. The van der Waals surface area contributed by atoms with E-state index in [0.29, 0.717) is 51.0 Å². The summed E-state index contributed by atoms with van der Waals surface area (Å²) >= 11 is 0. The molecule has 0 saturated carbocycles. The molecule has 0 aliphatic rings. The molecule has 0 atom stereocenters. The second kappa shape index (κ2) is 10.1. The summed E-state index contributed by atoms with van der Waals surface area (Å²) < 4.78 is 21.2. The van der Waals surface area contributed by atoms with Crippen LogP contribution in [-0.4, -0.2) is 52.6 Å². The highest BCUT2D eigenvalue weighted by atomic mass is 16.6. The highest BCUT2D eigenvalue weighted by Gasteiger charge is 2.09. The van der Waals surface area contributed by atoms with Gasteiger partial charge in [-0.3, -0.25) is 5.41 Å². The van der Waals surface area contributed by atoms with Gasteiger partial charge in [0.25, 0.3) is 0 Å². The SMILES string of the molecule is COCCOCCOCCOc1c(C)cccc1C(=N)N. The zero-order valence-electron chi connectivity index (χ0n) is 12.7. The summed E-state index contributed by atoms with van der Waals surface area (Å²) in [5.41, 5.74) is 7.10. The predicted molar refractivity (Wildman–Crippen MR) is 81.2 cm³/mol. The first-order chi connectivity index (χ1) is 10.2. The Bertz CT molecular complexity index is 438. The molecule has 0 spiro atoms. The summed E-state index contributed by atoms with van der Waals surface area (Å²) in [5, 5.41) is 7.54. The largest absolute Gasteiger partial charge is 0.490 e. The number of aryl methyl sites for hydroxylation is 1. The van der Waals surface area contributed by atoms with E-state index in [9.17, 15) is 0 Å². The van der Waals surface area contributed by atoms with Crippen molar-refractivity contribution in [3.63, 3.8) is 0 Å². The Labute approximate surface area is 125 Å². The smallest absolute Gasteiger partial charge is 0.133 e. The summed E-state index contributed by atoms with van der Waals surface area (Å²) in [6, 6.07) is 5.55. The Morgan fingerprint density at radius 1 is 1.05 bits per heavy atom. The first kappa shape index (κ1) is 17.4. The van der Waals surface area contributed by atoms with E-state index in [-0.39, 0.29) is 5.84 Å². The molecule has 0 aromatic heterocycles. The topological polar surface area (TPSA) is 86.8 Å². The van der Waals surface area contributed by atoms with E-state index in [1.807, 2.05) is 19.1 Å². The molecule has 0 aliphatic carbocycles. The minimum Gasteiger partial charge on any atom is -0.490 e. The van der Waals surface area contributed by atoms with Gasteiger partial charge in [0.2, 0.25) is 0 Å². The lowest BCUT2D eigenvalue weighted by atomic mass is 10.1. The quantitative estimate of drug-likeness (QED) is 0.365. The number of hydrogen-bond acceptors (Lipinski definition) is 5. The maximum atomic E-state index is 7.54. The molecule has 0 bridgehead atoms. The highest BCUT2D eigenvalue weighted by molar-refractivity contribution is 5.98. The summed E-state index contributed by atoms with van der Waals surface area (Å²) in [7, 11) is 1.64. The number of nitrogen functional groups attached to an aromatic ring is 1. The molecule has 6 nitrogen and oxygen atoms in total. The normalized spacial score (nSPS) is 10.6. The Hall–Kier alpha value is -1.63. The first-order valence-electron chi connectivity index (χ1n) is 6.88. The molecule has 1 aromatic rings. The van der Waals surface area contributed by atoms with Gasteiger partial charge in [-0.25, -0.2) is 0 Å². The lowest BCUT2D eigenvalue weighted by Gasteiger charge is -2.13. The molecule has 1 aromatic carbocycles. The lowest BCUT2D eigenvalue weighted by Crippen LogP contribution is -2.16.